The van der Waals surface area contributed by atoms with E-state index in [1.807, 2.05) is 16.7 Å². The van der Waals surface area contributed by atoms with Crippen LogP contribution in [-0.2, 0) is 12.0 Å². The normalized spacial score (nSPS) is 11.6. The first-order chi connectivity index (χ1) is 9.34. The molecule has 2 aromatic rings. The van der Waals surface area contributed by atoms with Gasteiger partial charge in [-0.1, -0.05) is 50.6 Å². The number of nitrogens with zero attached hydrogens (tertiary/aromatic N) is 2. The van der Waals surface area contributed by atoms with Gasteiger partial charge < -0.3 is 10.3 Å². The summed E-state index contributed by atoms with van der Waals surface area (Å²) in [4.78, 5) is 4.80. The van der Waals surface area contributed by atoms with Gasteiger partial charge in [0, 0.05) is 17.5 Å². The standard InChI is InChI=1S/C17H23N3/c1-6-10-20-15(18)14(19-16(20)17(3,4)5)13-9-7-8-12(2)11-13/h6-9,11H,1,10,18H2,2-5H3. The molecule has 0 saturated carbocycles. The molecule has 2 rings (SSSR count). The van der Waals surface area contributed by atoms with Gasteiger partial charge in [-0.25, -0.2) is 4.98 Å². The molecule has 0 aliphatic heterocycles. The van der Waals surface area contributed by atoms with Crippen LogP contribution in [-0.4, -0.2) is 9.55 Å². The summed E-state index contributed by atoms with van der Waals surface area (Å²) in [6.45, 7) is 13.0. The van der Waals surface area contributed by atoms with Gasteiger partial charge in [-0.05, 0) is 13.0 Å². The topological polar surface area (TPSA) is 43.8 Å². The van der Waals surface area contributed by atoms with Crippen molar-refractivity contribution < 1.29 is 0 Å². The number of aromatic nitrogens is 2. The fraction of sp³-hybridized carbons (Fsp3) is 0.353. The molecule has 0 atom stereocenters. The van der Waals surface area contributed by atoms with Crippen molar-refractivity contribution in [1.82, 2.24) is 9.55 Å². The number of rotatable bonds is 3. The number of hydrogen-bond donors (Lipinski definition) is 1. The molecular weight excluding hydrogens is 246 g/mol. The lowest BCUT2D eigenvalue weighted by molar-refractivity contribution is 0.515. The van der Waals surface area contributed by atoms with Crippen molar-refractivity contribution in [2.75, 3.05) is 5.73 Å². The number of imidazole rings is 1. The molecule has 0 aliphatic rings. The Morgan fingerprint density at radius 2 is 2.05 bits per heavy atom. The predicted octanol–water partition coefficient (Wildman–Crippen LogP) is 3.92. The van der Waals surface area contributed by atoms with Crippen LogP contribution in [0.4, 0.5) is 5.82 Å². The molecule has 1 aromatic carbocycles. The van der Waals surface area contributed by atoms with Crippen LogP contribution >= 0.6 is 0 Å². The average Bonchev–Trinajstić information content (AvgIpc) is 2.68. The maximum Gasteiger partial charge on any atom is 0.132 e. The van der Waals surface area contributed by atoms with E-state index in [2.05, 4.69) is 52.5 Å². The van der Waals surface area contributed by atoms with Crippen molar-refractivity contribution >= 4 is 5.82 Å². The van der Waals surface area contributed by atoms with Crippen molar-refractivity contribution in [3.63, 3.8) is 0 Å². The maximum atomic E-state index is 6.32. The van der Waals surface area contributed by atoms with Crippen LogP contribution in [0.25, 0.3) is 11.3 Å². The Bertz CT molecular complexity index is 630. The molecule has 0 amide bonds. The zero-order valence-electron chi connectivity index (χ0n) is 12.8. The summed E-state index contributed by atoms with van der Waals surface area (Å²) in [6.07, 6.45) is 1.85. The molecule has 0 unspecified atom stereocenters. The van der Waals surface area contributed by atoms with Gasteiger partial charge in [0.05, 0.1) is 0 Å². The molecule has 1 aromatic heterocycles. The second kappa shape index (κ2) is 5.16. The Morgan fingerprint density at radius 3 is 2.60 bits per heavy atom. The largest absolute Gasteiger partial charge is 0.383 e. The Morgan fingerprint density at radius 1 is 1.35 bits per heavy atom. The number of allylic oxidation sites excluding steroid dienone is 1. The van der Waals surface area contributed by atoms with Crippen LogP contribution < -0.4 is 5.73 Å². The number of benzene rings is 1. The van der Waals surface area contributed by atoms with Gasteiger partial charge in [0.25, 0.3) is 0 Å². The molecule has 0 bridgehead atoms. The van der Waals surface area contributed by atoms with Crippen LogP contribution in [0, 0.1) is 6.92 Å². The molecular formula is C17H23N3. The first kappa shape index (κ1) is 14.4. The number of nitrogen functional groups attached to an aromatic ring is 1. The van der Waals surface area contributed by atoms with E-state index in [0.29, 0.717) is 12.4 Å². The lowest BCUT2D eigenvalue weighted by atomic mass is 9.95. The Labute approximate surface area is 121 Å². The molecule has 20 heavy (non-hydrogen) atoms. The molecule has 0 fully saturated rings. The van der Waals surface area contributed by atoms with E-state index in [9.17, 15) is 0 Å². The van der Waals surface area contributed by atoms with Crippen LogP contribution in [0.5, 0.6) is 0 Å². The highest BCUT2D eigenvalue weighted by molar-refractivity contribution is 5.71. The van der Waals surface area contributed by atoms with Gasteiger partial charge in [-0.15, -0.1) is 6.58 Å². The van der Waals surface area contributed by atoms with Gasteiger partial charge >= 0.3 is 0 Å². The Hall–Kier alpha value is -2.03. The highest BCUT2D eigenvalue weighted by atomic mass is 15.1. The van der Waals surface area contributed by atoms with Gasteiger partial charge in [-0.2, -0.15) is 0 Å². The van der Waals surface area contributed by atoms with Crippen LogP contribution in [0.15, 0.2) is 36.9 Å². The number of aryl methyl sites for hydroxylation is 1. The number of hydrogen-bond acceptors (Lipinski definition) is 2. The van der Waals surface area contributed by atoms with E-state index in [1.54, 1.807) is 0 Å². The average molecular weight is 269 g/mol. The quantitative estimate of drug-likeness (QED) is 0.858. The molecule has 2 N–H and O–H groups in total. The minimum atomic E-state index is -0.0563. The van der Waals surface area contributed by atoms with Crippen molar-refractivity contribution in [2.24, 2.45) is 0 Å². The highest BCUT2D eigenvalue weighted by Crippen LogP contribution is 2.32. The van der Waals surface area contributed by atoms with E-state index < -0.39 is 0 Å². The fourth-order valence-corrected chi connectivity index (χ4v) is 2.36. The third-order valence-electron chi connectivity index (χ3n) is 3.28. The van der Waals surface area contributed by atoms with Crippen LogP contribution in [0.3, 0.4) is 0 Å². The predicted molar refractivity (Wildman–Crippen MR) is 85.7 cm³/mol. The van der Waals surface area contributed by atoms with Gasteiger partial charge in [0.15, 0.2) is 0 Å². The minimum Gasteiger partial charge on any atom is -0.383 e. The molecule has 0 aliphatic carbocycles. The lowest BCUT2D eigenvalue weighted by Crippen LogP contribution is -2.19. The van der Waals surface area contributed by atoms with Crippen molar-refractivity contribution in [3.8, 4) is 11.3 Å². The summed E-state index contributed by atoms with van der Waals surface area (Å²) in [7, 11) is 0. The third kappa shape index (κ3) is 2.62. The van der Waals surface area contributed by atoms with Crippen molar-refractivity contribution in [3.05, 3.63) is 48.3 Å². The summed E-state index contributed by atoms with van der Waals surface area (Å²) >= 11 is 0. The van der Waals surface area contributed by atoms with E-state index in [1.165, 1.54) is 5.56 Å². The molecule has 1 heterocycles. The second-order valence-electron chi connectivity index (χ2n) is 6.19. The monoisotopic (exact) mass is 269 g/mol. The SMILES string of the molecule is C=CCn1c(C(C)(C)C)nc(-c2cccc(C)c2)c1N. The molecule has 106 valence electrons. The third-order valence-corrected chi connectivity index (χ3v) is 3.28. The smallest absolute Gasteiger partial charge is 0.132 e. The van der Waals surface area contributed by atoms with E-state index in [4.69, 9.17) is 10.7 Å². The van der Waals surface area contributed by atoms with Crippen LogP contribution in [0.1, 0.15) is 32.2 Å². The van der Waals surface area contributed by atoms with Crippen LogP contribution in [0.2, 0.25) is 0 Å². The molecule has 0 saturated heterocycles. The maximum absolute atomic E-state index is 6.32. The molecule has 3 heteroatoms. The summed E-state index contributed by atoms with van der Waals surface area (Å²) in [5, 5.41) is 0. The van der Waals surface area contributed by atoms with E-state index in [0.717, 1.165) is 17.1 Å². The molecule has 3 nitrogen and oxygen atoms in total. The zero-order chi connectivity index (χ0) is 14.9. The zero-order valence-corrected chi connectivity index (χ0v) is 12.8. The minimum absolute atomic E-state index is 0.0563. The van der Waals surface area contributed by atoms with Crippen molar-refractivity contribution in [1.29, 1.82) is 0 Å². The first-order valence-corrected chi connectivity index (χ1v) is 6.89. The van der Waals surface area contributed by atoms with Crippen molar-refractivity contribution in [2.45, 2.75) is 39.7 Å². The first-order valence-electron chi connectivity index (χ1n) is 6.89. The summed E-state index contributed by atoms with van der Waals surface area (Å²) in [5.74, 6) is 1.70. The fourth-order valence-electron chi connectivity index (χ4n) is 2.36. The number of anilines is 1. The van der Waals surface area contributed by atoms with E-state index >= 15 is 0 Å². The Balaban J connectivity index is 2.64. The number of nitrogens with two attached hydrogens (primary N) is 1. The summed E-state index contributed by atoms with van der Waals surface area (Å²) in [6, 6.07) is 8.28. The van der Waals surface area contributed by atoms with Gasteiger partial charge in [-0.3, -0.25) is 0 Å². The second-order valence-corrected chi connectivity index (χ2v) is 6.19. The Kier molecular flexibility index (Phi) is 3.71. The van der Waals surface area contributed by atoms with Gasteiger partial charge in [0.1, 0.15) is 17.3 Å². The van der Waals surface area contributed by atoms with E-state index in [-0.39, 0.29) is 5.41 Å². The highest BCUT2D eigenvalue weighted by Gasteiger charge is 2.24. The summed E-state index contributed by atoms with van der Waals surface area (Å²) < 4.78 is 2.05. The molecule has 0 spiro atoms. The molecule has 0 radical (unpaired) electrons. The lowest BCUT2D eigenvalue weighted by Gasteiger charge is -2.19. The van der Waals surface area contributed by atoms with Gasteiger partial charge in [0.2, 0.25) is 0 Å². The summed E-state index contributed by atoms with van der Waals surface area (Å²) in [5.41, 5.74) is 9.40.